The van der Waals surface area contributed by atoms with Crippen LogP contribution in [0.5, 0.6) is 0 Å². The highest BCUT2D eigenvalue weighted by Crippen LogP contribution is 2.67. The van der Waals surface area contributed by atoms with Crippen LogP contribution in [0.25, 0.3) is 0 Å². The molecule has 2 N–H and O–H groups in total. The number of rotatable bonds is 5. The van der Waals surface area contributed by atoms with Gasteiger partial charge in [0.2, 0.25) is 0 Å². The molecule has 0 amide bonds. The second-order valence-electron chi connectivity index (χ2n) is 12.2. The van der Waals surface area contributed by atoms with Gasteiger partial charge in [0.1, 0.15) is 0 Å². The molecule has 0 bridgehead atoms. The van der Waals surface area contributed by atoms with Gasteiger partial charge in [-0.15, -0.1) is 0 Å². The molecule has 2 heteroatoms. The normalized spacial score (nSPS) is 46.5. The predicted molar refractivity (Wildman–Crippen MR) is 120 cm³/mol. The number of aliphatic hydroxyl groups is 2. The number of fused-ring (bicyclic) bond motifs is 5. The summed E-state index contributed by atoms with van der Waals surface area (Å²) < 4.78 is 0. The molecule has 2 nitrogen and oxygen atoms in total. The van der Waals surface area contributed by atoms with Crippen molar-refractivity contribution in [1.29, 1.82) is 0 Å². The summed E-state index contributed by atoms with van der Waals surface area (Å²) in [6, 6.07) is 0. The van der Waals surface area contributed by atoms with Crippen LogP contribution in [0.4, 0.5) is 0 Å². The third-order valence-corrected chi connectivity index (χ3v) is 10.5. The maximum atomic E-state index is 10.3. The molecule has 166 valence electrons. The number of hydrogen-bond donors (Lipinski definition) is 2. The van der Waals surface area contributed by atoms with Crippen LogP contribution in [0.3, 0.4) is 0 Å². The van der Waals surface area contributed by atoms with E-state index < -0.39 is 0 Å². The Hall–Kier alpha value is -0.340. The van der Waals surface area contributed by atoms with Crippen LogP contribution in [0, 0.1) is 46.3 Å². The Labute approximate surface area is 179 Å². The summed E-state index contributed by atoms with van der Waals surface area (Å²) in [5.41, 5.74) is 2.45. The summed E-state index contributed by atoms with van der Waals surface area (Å²) in [5, 5.41) is 20.5. The van der Waals surface area contributed by atoms with Crippen molar-refractivity contribution in [2.24, 2.45) is 46.3 Å². The van der Waals surface area contributed by atoms with Crippen LogP contribution in [-0.2, 0) is 0 Å². The zero-order chi connectivity index (χ0) is 21.0. The van der Waals surface area contributed by atoms with Crippen molar-refractivity contribution in [3.63, 3.8) is 0 Å². The fourth-order valence-electron chi connectivity index (χ4n) is 8.65. The first-order valence-electron chi connectivity index (χ1n) is 12.7. The van der Waals surface area contributed by atoms with Gasteiger partial charge in [-0.1, -0.05) is 46.3 Å². The van der Waals surface area contributed by atoms with Crippen molar-refractivity contribution >= 4 is 0 Å². The molecule has 0 aliphatic heterocycles. The Balaban J connectivity index is 1.48. The fraction of sp³-hybridized carbons (Fsp3) is 0.926. The number of aliphatic hydroxyl groups excluding tert-OH is 2. The Morgan fingerprint density at radius 3 is 2.45 bits per heavy atom. The average Bonchev–Trinajstić information content (AvgIpc) is 3.03. The fourth-order valence-corrected chi connectivity index (χ4v) is 8.65. The zero-order valence-electron chi connectivity index (χ0n) is 19.7. The van der Waals surface area contributed by atoms with Gasteiger partial charge in [-0.3, -0.25) is 0 Å². The molecule has 3 saturated carbocycles. The van der Waals surface area contributed by atoms with Crippen LogP contribution in [-0.4, -0.2) is 22.4 Å². The van der Waals surface area contributed by atoms with Gasteiger partial charge in [0.25, 0.3) is 0 Å². The third-order valence-electron chi connectivity index (χ3n) is 10.5. The van der Waals surface area contributed by atoms with E-state index in [1.807, 2.05) is 0 Å². The third kappa shape index (κ3) is 3.65. The molecule has 0 radical (unpaired) electrons. The highest BCUT2D eigenvalue weighted by atomic mass is 16.3. The minimum absolute atomic E-state index is 0.136. The number of hydrogen-bond acceptors (Lipinski definition) is 2. The van der Waals surface area contributed by atoms with E-state index in [0.29, 0.717) is 16.7 Å². The Kier molecular flexibility index (Phi) is 6.01. The maximum absolute atomic E-state index is 10.3. The van der Waals surface area contributed by atoms with Crippen molar-refractivity contribution in [1.82, 2.24) is 0 Å². The van der Waals surface area contributed by atoms with Gasteiger partial charge in [-0.25, -0.2) is 0 Å². The lowest BCUT2D eigenvalue weighted by molar-refractivity contribution is -0.0633. The van der Waals surface area contributed by atoms with Crippen molar-refractivity contribution in [3.8, 4) is 0 Å². The van der Waals surface area contributed by atoms with Gasteiger partial charge in [0.15, 0.2) is 0 Å². The summed E-state index contributed by atoms with van der Waals surface area (Å²) in [6.07, 6.45) is 14.4. The van der Waals surface area contributed by atoms with E-state index in [-0.39, 0.29) is 12.2 Å². The van der Waals surface area contributed by atoms with E-state index in [1.54, 1.807) is 5.57 Å². The topological polar surface area (TPSA) is 40.5 Å². The summed E-state index contributed by atoms with van der Waals surface area (Å²) in [6.45, 7) is 11.9. The van der Waals surface area contributed by atoms with Gasteiger partial charge in [-0.2, -0.15) is 0 Å². The van der Waals surface area contributed by atoms with Crippen molar-refractivity contribution in [3.05, 3.63) is 11.6 Å². The first-order chi connectivity index (χ1) is 13.7. The second kappa shape index (κ2) is 7.97. The summed E-state index contributed by atoms with van der Waals surface area (Å²) in [5.74, 6) is 4.58. The summed E-state index contributed by atoms with van der Waals surface area (Å²) >= 11 is 0. The molecule has 29 heavy (non-hydrogen) atoms. The second-order valence-corrected chi connectivity index (χ2v) is 12.2. The molecule has 4 aliphatic carbocycles. The first-order valence-corrected chi connectivity index (χ1v) is 12.7. The number of allylic oxidation sites excluding steroid dienone is 1. The molecule has 9 atom stereocenters. The van der Waals surface area contributed by atoms with Gasteiger partial charge < -0.3 is 10.2 Å². The van der Waals surface area contributed by atoms with E-state index in [0.717, 1.165) is 42.4 Å². The lowest BCUT2D eigenvalue weighted by Crippen LogP contribution is -2.51. The van der Waals surface area contributed by atoms with Gasteiger partial charge in [-0.05, 0) is 111 Å². The van der Waals surface area contributed by atoms with Gasteiger partial charge >= 0.3 is 0 Å². The average molecular weight is 403 g/mol. The van der Waals surface area contributed by atoms with E-state index in [9.17, 15) is 10.2 Å². The van der Waals surface area contributed by atoms with Crippen LogP contribution in [0.2, 0.25) is 0 Å². The Morgan fingerprint density at radius 2 is 1.72 bits per heavy atom. The van der Waals surface area contributed by atoms with Crippen LogP contribution in [0.15, 0.2) is 11.6 Å². The van der Waals surface area contributed by atoms with E-state index in [2.05, 4.69) is 40.7 Å². The minimum atomic E-state index is -0.193. The molecule has 4 rings (SSSR count). The highest BCUT2D eigenvalue weighted by Gasteiger charge is 2.59. The van der Waals surface area contributed by atoms with Crippen LogP contribution < -0.4 is 0 Å². The Morgan fingerprint density at radius 1 is 0.966 bits per heavy atom. The molecule has 4 aliphatic rings. The lowest BCUT2D eigenvalue weighted by atomic mass is 9.46. The van der Waals surface area contributed by atoms with Crippen molar-refractivity contribution < 1.29 is 10.2 Å². The summed E-state index contributed by atoms with van der Waals surface area (Å²) in [4.78, 5) is 0. The molecule has 3 fully saturated rings. The molecular formula is C27H46O2. The molecule has 1 unspecified atom stereocenters. The standard InChI is InChI=1S/C27H46O2/c1-17(2)25(29)11-6-18(3)22-9-10-23-21-8-7-19-16-20(28)12-14-26(19,4)24(21)13-15-27(22,23)5/h16-18,20-25,28-29H,6-15H2,1-5H3/t18-,20+,21+,22-,23+,24+,25?,26+,27-/m1/s1. The van der Waals surface area contributed by atoms with Gasteiger partial charge in [0.05, 0.1) is 12.2 Å². The predicted octanol–water partition coefficient (Wildman–Crippen LogP) is 6.36. The smallest absolute Gasteiger partial charge is 0.0724 e. The van der Waals surface area contributed by atoms with Crippen molar-refractivity contribution in [2.75, 3.05) is 0 Å². The zero-order valence-corrected chi connectivity index (χ0v) is 19.7. The monoisotopic (exact) mass is 402 g/mol. The largest absolute Gasteiger partial charge is 0.393 e. The molecular weight excluding hydrogens is 356 g/mol. The Bertz CT molecular complexity index is 624. The lowest BCUT2D eigenvalue weighted by Gasteiger charge is -2.59. The maximum Gasteiger partial charge on any atom is 0.0724 e. The molecule has 0 aromatic carbocycles. The van der Waals surface area contributed by atoms with Crippen LogP contribution in [0.1, 0.15) is 98.8 Å². The SMILES string of the molecule is CC(C)C(O)CC[C@@H](C)[C@H]1CC[C@H]2[C@@H]3CCC4=C[C@@H](O)CC[C@]4(C)[C@H]3CC[C@]12C. The molecule has 0 saturated heterocycles. The minimum Gasteiger partial charge on any atom is -0.393 e. The van der Waals surface area contributed by atoms with Crippen LogP contribution >= 0.6 is 0 Å². The molecule has 0 aromatic heterocycles. The van der Waals surface area contributed by atoms with E-state index in [4.69, 9.17) is 0 Å². The quantitative estimate of drug-likeness (QED) is 0.525. The molecule has 0 spiro atoms. The molecule has 0 aromatic rings. The summed E-state index contributed by atoms with van der Waals surface area (Å²) in [7, 11) is 0. The highest BCUT2D eigenvalue weighted by molar-refractivity contribution is 5.25. The van der Waals surface area contributed by atoms with E-state index in [1.165, 1.54) is 51.4 Å². The van der Waals surface area contributed by atoms with Crippen molar-refractivity contribution in [2.45, 2.75) is 111 Å². The van der Waals surface area contributed by atoms with E-state index >= 15 is 0 Å². The first kappa shape index (κ1) is 21.9. The molecule has 0 heterocycles. The van der Waals surface area contributed by atoms with Gasteiger partial charge in [0, 0.05) is 0 Å².